The minimum absolute atomic E-state index is 0.289. The molecule has 0 saturated heterocycles. The largest absolute Gasteiger partial charge is 0.497 e. The van der Waals surface area contributed by atoms with E-state index in [0.717, 1.165) is 13.2 Å². The maximum absolute atomic E-state index is 13.3. The third-order valence-corrected chi connectivity index (χ3v) is 1.85. The number of halogens is 4. The molecule has 1 aromatic carbocycles. The van der Waals surface area contributed by atoms with E-state index in [0.29, 0.717) is 6.07 Å². The highest BCUT2D eigenvalue weighted by Gasteiger charge is 2.36. The van der Waals surface area contributed by atoms with Crippen molar-refractivity contribution in [1.29, 1.82) is 0 Å². The van der Waals surface area contributed by atoms with Crippen LogP contribution in [-0.4, -0.2) is 13.0 Å². The van der Waals surface area contributed by atoms with Crippen molar-refractivity contribution in [2.75, 3.05) is 7.11 Å². The van der Waals surface area contributed by atoms with E-state index >= 15 is 0 Å². The van der Waals surface area contributed by atoms with Crippen molar-refractivity contribution in [1.82, 2.24) is 0 Å². The van der Waals surface area contributed by atoms with E-state index in [1.165, 1.54) is 0 Å². The van der Waals surface area contributed by atoms with Crippen LogP contribution in [0.1, 0.15) is 15.9 Å². The standard InChI is InChI=1S/C9H7F4NO2/c1-16-4-2-5(8(14)15)7(10)6(3-4)9(11,12)13/h2-3H,1H3,(H2,14,15). The molecule has 16 heavy (non-hydrogen) atoms. The zero-order valence-corrected chi connectivity index (χ0v) is 8.06. The van der Waals surface area contributed by atoms with Crippen molar-refractivity contribution < 1.29 is 27.1 Å². The van der Waals surface area contributed by atoms with E-state index in [1.54, 1.807) is 0 Å². The van der Waals surface area contributed by atoms with Crippen molar-refractivity contribution in [3.8, 4) is 5.75 Å². The fourth-order valence-corrected chi connectivity index (χ4v) is 1.10. The molecule has 2 N–H and O–H groups in total. The Bertz CT molecular complexity index is 428. The minimum atomic E-state index is -4.91. The number of methoxy groups -OCH3 is 1. The van der Waals surface area contributed by atoms with Crippen molar-refractivity contribution in [3.05, 3.63) is 29.1 Å². The number of ether oxygens (including phenoxy) is 1. The third-order valence-electron chi connectivity index (χ3n) is 1.85. The summed E-state index contributed by atoms with van der Waals surface area (Å²) in [7, 11) is 1.10. The molecule has 88 valence electrons. The summed E-state index contributed by atoms with van der Waals surface area (Å²) in [5.41, 5.74) is 2.31. The number of primary amides is 1. The predicted molar refractivity (Wildman–Crippen MR) is 46.5 cm³/mol. The maximum Gasteiger partial charge on any atom is 0.419 e. The molecule has 0 spiro atoms. The fraction of sp³-hybridized carbons (Fsp3) is 0.222. The first-order valence-electron chi connectivity index (χ1n) is 4.02. The van der Waals surface area contributed by atoms with E-state index in [1.807, 2.05) is 0 Å². The average molecular weight is 237 g/mol. The van der Waals surface area contributed by atoms with Crippen LogP contribution in [0.15, 0.2) is 12.1 Å². The zero-order valence-electron chi connectivity index (χ0n) is 8.06. The van der Waals surface area contributed by atoms with E-state index in [2.05, 4.69) is 4.74 Å². The molecule has 1 rings (SSSR count). The second-order valence-corrected chi connectivity index (χ2v) is 2.90. The minimum Gasteiger partial charge on any atom is -0.497 e. The van der Waals surface area contributed by atoms with Gasteiger partial charge in [0.1, 0.15) is 11.6 Å². The molecule has 3 nitrogen and oxygen atoms in total. The molecule has 1 aromatic rings. The van der Waals surface area contributed by atoms with Gasteiger partial charge in [0.05, 0.1) is 18.2 Å². The van der Waals surface area contributed by atoms with E-state index in [4.69, 9.17) is 5.73 Å². The molecule has 0 aliphatic carbocycles. The molecule has 0 heterocycles. The van der Waals surface area contributed by atoms with Gasteiger partial charge >= 0.3 is 6.18 Å². The van der Waals surface area contributed by atoms with Crippen LogP contribution in [-0.2, 0) is 6.18 Å². The van der Waals surface area contributed by atoms with Crippen LogP contribution >= 0.6 is 0 Å². The van der Waals surface area contributed by atoms with Crippen LogP contribution in [0, 0.1) is 5.82 Å². The summed E-state index contributed by atoms with van der Waals surface area (Å²) < 4.78 is 54.9. The van der Waals surface area contributed by atoms with Gasteiger partial charge in [-0.05, 0) is 12.1 Å². The molecule has 0 unspecified atom stereocenters. The Labute approximate surface area is 87.8 Å². The molecule has 0 aliphatic heterocycles. The third kappa shape index (κ3) is 2.23. The van der Waals surface area contributed by atoms with Gasteiger partial charge in [-0.25, -0.2) is 4.39 Å². The number of hydrogen-bond donors (Lipinski definition) is 1. The summed E-state index contributed by atoms with van der Waals surface area (Å²) in [5, 5.41) is 0. The Morgan fingerprint density at radius 2 is 1.94 bits per heavy atom. The van der Waals surface area contributed by atoms with E-state index in [9.17, 15) is 22.4 Å². The van der Waals surface area contributed by atoms with Crippen LogP contribution in [0.3, 0.4) is 0 Å². The number of amides is 1. The fourth-order valence-electron chi connectivity index (χ4n) is 1.10. The van der Waals surface area contributed by atoms with Crippen LogP contribution in [0.4, 0.5) is 17.6 Å². The first kappa shape index (κ1) is 12.3. The monoisotopic (exact) mass is 237 g/mol. The van der Waals surface area contributed by atoms with Gasteiger partial charge in [0.2, 0.25) is 0 Å². The number of carbonyl (C=O) groups is 1. The Balaban J connectivity index is 3.50. The second kappa shape index (κ2) is 3.99. The quantitative estimate of drug-likeness (QED) is 0.799. The Kier molecular flexibility index (Phi) is 3.06. The van der Waals surface area contributed by atoms with Crippen molar-refractivity contribution in [2.24, 2.45) is 5.73 Å². The first-order valence-corrected chi connectivity index (χ1v) is 4.02. The molecule has 0 bridgehead atoms. The molecule has 0 fully saturated rings. The number of rotatable bonds is 2. The van der Waals surface area contributed by atoms with Crippen LogP contribution in [0.5, 0.6) is 5.75 Å². The summed E-state index contributed by atoms with van der Waals surface area (Å²) in [6.07, 6.45) is -4.91. The molecule has 0 atom stereocenters. The summed E-state index contributed by atoms with van der Waals surface area (Å²) >= 11 is 0. The zero-order chi connectivity index (χ0) is 12.5. The lowest BCUT2D eigenvalue weighted by atomic mass is 10.1. The maximum atomic E-state index is 13.3. The van der Waals surface area contributed by atoms with Crippen molar-refractivity contribution in [2.45, 2.75) is 6.18 Å². The molecule has 0 aliphatic rings. The van der Waals surface area contributed by atoms with Gasteiger partial charge in [-0.3, -0.25) is 4.79 Å². The summed E-state index contributed by atoms with van der Waals surface area (Å²) in [5.74, 6) is -3.27. The lowest BCUT2D eigenvalue weighted by molar-refractivity contribution is -0.140. The summed E-state index contributed by atoms with van der Waals surface area (Å²) in [4.78, 5) is 10.7. The molecule has 0 radical (unpaired) electrons. The van der Waals surface area contributed by atoms with E-state index in [-0.39, 0.29) is 5.75 Å². The summed E-state index contributed by atoms with van der Waals surface area (Å²) in [6, 6.07) is 1.27. The van der Waals surface area contributed by atoms with Gasteiger partial charge in [0.15, 0.2) is 0 Å². The Hall–Kier alpha value is -1.79. The molecule has 7 heteroatoms. The van der Waals surface area contributed by atoms with Crippen LogP contribution in [0.2, 0.25) is 0 Å². The van der Waals surface area contributed by atoms with Crippen LogP contribution < -0.4 is 10.5 Å². The second-order valence-electron chi connectivity index (χ2n) is 2.90. The number of carbonyl (C=O) groups excluding carboxylic acids is 1. The smallest absolute Gasteiger partial charge is 0.419 e. The topological polar surface area (TPSA) is 52.3 Å². The summed E-state index contributed by atoms with van der Waals surface area (Å²) in [6.45, 7) is 0. The molecular weight excluding hydrogens is 230 g/mol. The van der Waals surface area contributed by atoms with Gasteiger partial charge in [-0.2, -0.15) is 13.2 Å². The van der Waals surface area contributed by atoms with Crippen molar-refractivity contribution >= 4 is 5.91 Å². The Morgan fingerprint density at radius 3 is 2.31 bits per heavy atom. The normalized spacial score (nSPS) is 11.3. The predicted octanol–water partition coefficient (Wildman–Crippen LogP) is 1.95. The highest BCUT2D eigenvalue weighted by Crippen LogP contribution is 2.35. The highest BCUT2D eigenvalue weighted by atomic mass is 19.4. The molecular formula is C9H7F4NO2. The highest BCUT2D eigenvalue weighted by molar-refractivity contribution is 5.93. The molecule has 1 amide bonds. The molecule has 0 saturated carbocycles. The van der Waals surface area contributed by atoms with Gasteiger partial charge < -0.3 is 10.5 Å². The van der Waals surface area contributed by atoms with Gasteiger partial charge in [0, 0.05) is 0 Å². The lowest BCUT2D eigenvalue weighted by Gasteiger charge is -2.11. The lowest BCUT2D eigenvalue weighted by Crippen LogP contribution is -2.17. The molecule has 0 aromatic heterocycles. The van der Waals surface area contributed by atoms with Crippen LogP contribution in [0.25, 0.3) is 0 Å². The first-order chi connectivity index (χ1) is 7.27. The number of nitrogens with two attached hydrogens (primary N) is 1. The number of hydrogen-bond acceptors (Lipinski definition) is 2. The SMILES string of the molecule is COc1cc(C(N)=O)c(F)c(C(F)(F)F)c1. The van der Waals surface area contributed by atoms with Crippen molar-refractivity contribution in [3.63, 3.8) is 0 Å². The van der Waals surface area contributed by atoms with E-state index < -0.39 is 29.0 Å². The van der Waals surface area contributed by atoms with Gasteiger partial charge in [0.25, 0.3) is 5.91 Å². The number of alkyl halides is 3. The average Bonchev–Trinajstić information content (AvgIpc) is 2.15. The Morgan fingerprint density at radius 1 is 1.38 bits per heavy atom. The number of benzene rings is 1. The van der Waals surface area contributed by atoms with Gasteiger partial charge in [-0.15, -0.1) is 0 Å². The van der Waals surface area contributed by atoms with Gasteiger partial charge in [-0.1, -0.05) is 0 Å².